The van der Waals surface area contributed by atoms with Gasteiger partial charge in [0.25, 0.3) is 0 Å². The molecule has 1 aliphatic rings. The molecule has 0 aliphatic carbocycles. The first kappa shape index (κ1) is 29.4. The average Bonchev–Trinajstić information content (AvgIpc) is 3.36. The van der Waals surface area contributed by atoms with Crippen molar-refractivity contribution in [3.8, 4) is 0 Å². The van der Waals surface area contributed by atoms with E-state index < -0.39 is 8.24 Å². The van der Waals surface area contributed by atoms with E-state index in [4.69, 9.17) is 12.9 Å². The van der Waals surface area contributed by atoms with Crippen molar-refractivity contribution in [3.05, 3.63) is 81.4 Å². The summed E-state index contributed by atoms with van der Waals surface area (Å²) in [6.45, 7) is 13.5. The summed E-state index contributed by atoms with van der Waals surface area (Å²) < 4.78 is 20.5. The van der Waals surface area contributed by atoms with Crippen molar-refractivity contribution in [3.63, 3.8) is 0 Å². The molecule has 1 fully saturated rings. The number of unbranched alkanes of at least 4 members (excludes halogenated alkanes) is 2. The van der Waals surface area contributed by atoms with Crippen LogP contribution in [0.1, 0.15) is 97.0 Å². The monoisotopic (exact) mass is 576 g/mol. The molecule has 5 rings (SSSR count). The summed E-state index contributed by atoms with van der Waals surface area (Å²) in [4.78, 5) is 0. The summed E-state index contributed by atoms with van der Waals surface area (Å²) in [6.07, 6.45) is 11.1. The lowest BCUT2D eigenvalue weighted by atomic mass is 9.91. The number of aryl methyl sites for hydroxylation is 6. The van der Waals surface area contributed by atoms with Gasteiger partial charge < -0.3 is 8.39 Å². The summed E-state index contributed by atoms with van der Waals surface area (Å²) in [5.74, 6) is 0. The molecule has 2 heterocycles. The Hall–Kier alpha value is -2.05. The smallest absolute Gasteiger partial charge is 0.387 e. The van der Waals surface area contributed by atoms with Gasteiger partial charge in [-0.25, -0.2) is 0 Å². The Labute approximate surface area is 243 Å². The zero-order valence-electron chi connectivity index (χ0n) is 25.3. The van der Waals surface area contributed by atoms with E-state index in [9.17, 15) is 0 Å². The minimum Gasteiger partial charge on any atom is -0.399 e. The van der Waals surface area contributed by atoms with Gasteiger partial charge in [0, 0.05) is 16.4 Å². The summed E-state index contributed by atoms with van der Waals surface area (Å²) >= 11 is 0. The maximum atomic E-state index is 6.89. The normalized spacial score (nSPS) is 17.2. The summed E-state index contributed by atoms with van der Waals surface area (Å²) in [5.41, 5.74) is 11.9. The van der Waals surface area contributed by atoms with E-state index in [1.165, 1.54) is 68.7 Å². The summed E-state index contributed by atoms with van der Waals surface area (Å²) in [5, 5.41) is 2.45. The van der Waals surface area contributed by atoms with E-state index in [0.717, 1.165) is 56.0 Å². The van der Waals surface area contributed by atoms with Crippen LogP contribution < -0.4 is 4.52 Å². The molecular weight excluding hydrogens is 530 g/mol. The first-order valence-electron chi connectivity index (χ1n) is 15.3. The summed E-state index contributed by atoms with van der Waals surface area (Å²) in [6, 6.07) is 15.7. The van der Waals surface area contributed by atoms with E-state index in [0.29, 0.717) is 5.66 Å². The van der Waals surface area contributed by atoms with Gasteiger partial charge in [0.2, 0.25) is 0 Å². The number of hydrogen-bond donors (Lipinski definition) is 0. The molecule has 0 N–H and O–H groups in total. The second kappa shape index (κ2) is 13.3. The molecule has 40 heavy (non-hydrogen) atoms. The maximum absolute atomic E-state index is 6.89. The number of hydrogen-bond acceptors (Lipinski definition) is 3. The molecule has 0 radical (unpaired) electrons. The van der Waals surface area contributed by atoms with Gasteiger partial charge >= 0.3 is 8.24 Å². The molecule has 0 bridgehead atoms. The van der Waals surface area contributed by atoms with Crippen LogP contribution in [0.25, 0.3) is 21.9 Å². The first-order chi connectivity index (χ1) is 19.4. The molecule has 2 atom stereocenters. The van der Waals surface area contributed by atoms with E-state index >= 15 is 0 Å². The standard InChI is InChI=1S/C35H46O3P2/c1-7-9-15-29-21-24(3)26(5)32-33-27(6)25(4)22-30(16-10-8-2)35(33)38-40(37-34(29)32)36-23-39-20-14-19-31(39)28-17-12-11-13-18-28/h11-13,17-18,21-22,31H,7-10,14-16,19-20,23H2,1-6H3/t31-,39?/m1/s1. The average molecular weight is 577 g/mol. The highest BCUT2D eigenvalue weighted by Crippen LogP contribution is 2.59. The molecule has 4 aromatic rings. The number of fused-ring (bicyclic) bond motifs is 3. The molecule has 1 saturated heterocycles. The van der Waals surface area contributed by atoms with Crippen LogP contribution in [-0.4, -0.2) is 12.5 Å². The van der Waals surface area contributed by atoms with Gasteiger partial charge in [-0.15, -0.1) is 0 Å². The van der Waals surface area contributed by atoms with Crippen molar-refractivity contribution in [1.82, 2.24) is 0 Å². The highest BCUT2D eigenvalue weighted by Gasteiger charge is 2.29. The molecule has 3 aromatic carbocycles. The van der Waals surface area contributed by atoms with Crippen LogP contribution in [0.5, 0.6) is 0 Å². The highest BCUT2D eigenvalue weighted by atomic mass is 31.1. The van der Waals surface area contributed by atoms with Crippen LogP contribution in [0.2, 0.25) is 0 Å². The zero-order chi connectivity index (χ0) is 28.2. The molecule has 1 aromatic heterocycles. The lowest BCUT2D eigenvalue weighted by Crippen LogP contribution is -1.99. The molecule has 3 nitrogen and oxygen atoms in total. The minimum atomic E-state index is -1.57. The number of rotatable bonds is 10. The van der Waals surface area contributed by atoms with Gasteiger partial charge in [-0.2, -0.15) is 0 Å². The summed E-state index contributed by atoms with van der Waals surface area (Å²) in [7, 11) is -1.84. The molecule has 0 saturated carbocycles. The predicted molar refractivity (Wildman–Crippen MR) is 174 cm³/mol. The SMILES string of the molecule is CCCCc1cc(C)c(C)c2c1op(OCP1CCC[C@@H]1c1ccccc1)oc1c(CCCC)cc(C)c(C)c12. The molecule has 0 spiro atoms. The fourth-order valence-corrected chi connectivity index (χ4v) is 10.4. The Morgan fingerprint density at radius 3 is 1.88 bits per heavy atom. The number of benzene rings is 3. The largest absolute Gasteiger partial charge is 0.399 e. The van der Waals surface area contributed by atoms with E-state index in [1.54, 1.807) is 0 Å². The Bertz CT molecular complexity index is 1420. The van der Waals surface area contributed by atoms with Gasteiger partial charge in [0.1, 0.15) is 11.2 Å². The second-order valence-corrected chi connectivity index (χ2v) is 15.2. The van der Waals surface area contributed by atoms with Crippen LogP contribution in [0.3, 0.4) is 0 Å². The van der Waals surface area contributed by atoms with E-state index in [2.05, 4.69) is 84.0 Å². The third kappa shape index (κ3) is 6.09. The minimum absolute atomic E-state index is 0.276. The molecule has 214 valence electrons. The van der Waals surface area contributed by atoms with Gasteiger partial charge in [-0.3, -0.25) is 4.52 Å². The quantitative estimate of drug-likeness (QED) is 0.176. The topological polar surface area (TPSA) is 35.5 Å². The molecule has 1 unspecified atom stereocenters. The van der Waals surface area contributed by atoms with Crippen LogP contribution in [0.15, 0.2) is 50.9 Å². The van der Waals surface area contributed by atoms with Crippen LogP contribution >= 0.6 is 16.2 Å². The van der Waals surface area contributed by atoms with Gasteiger partial charge in [0.05, 0.1) is 6.35 Å². The van der Waals surface area contributed by atoms with Crippen molar-refractivity contribution in [1.29, 1.82) is 0 Å². The first-order valence-corrected chi connectivity index (χ1v) is 18.1. The zero-order valence-corrected chi connectivity index (χ0v) is 27.1. The van der Waals surface area contributed by atoms with Crippen molar-refractivity contribution >= 4 is 38.1 Å². The van der Waals surface area contributed by atoms with E-state index in [-0.39, 0.29) is 7.92 Å². The Kier molecular flexibility index (Phi) is 9.78. The third-order valence-electron chi connectivity index (χ3n) is 8.81. The van der Waals surface area contributed by atoms with Crippen molar-refractivity contribution in [2.75, 3.05) is 12.5 Å². The molecule has 0 amide bonds. The molecule has 1 aliphatic heterocycles. The van der Waals surface area contributed by atoms with Crippen molar-refractivity contribution < 1.29 is 12.9 Å². The van der Waals surface area contributed by atoms with Crippen molar-refractivity contribution in [2.45, 2.75) is 98.6 Å². The lowest BCUT2D eigenvalue weighted by molar-refractivity contribution is 0.433. The van der Waals surface area contributed by atoms with Crippen LogP contribution in [-0.2, 0) is 12.8 Å². The fourth-order valence-electron chi connectivity index (χ4n) is 6.22. The fraction of sp³-hybridized carbons (Fsp3) is 0.486. The van der Waals surface area contributed by atoms with Crippen LogP contribution in [0.4, 0.5) is 0 Å². The molecule has 5 heteroatoms. The lowest BCUT2D eigenvalue weighted by Gasteiger charge is -2.19. The third-order valence-corrected chi connectivity index (χ3v) is 12.8. The Morgan fingerprint density at radius 2 is 1.35 bits per heavy atom. The predicted octanol–water partition coefficient (Wildman–Crippen LogP) is 11.6. The van der Waals surface area contributed by atoms with Gasteiger partial charge in [0.15, 0.2) is 0 Å². The Balaban J connectivity index is 1.69. The van der Waals surface area contributed by atoms with Crippen molar-refractivity contribution in [2.24, 2.45) is 0 Å². The van der Waals surface area contributed by atoms with E-state index in [1.807, 2.05) is 0 Å². The maximum Gasteiger partial charge on any atom is 0.387 e. The second-order valence-electron chi connectivity index (χ2n) is 11.6. The highest BCUT2D eigenvalue weighted by molar-refractivity contribution is 7.58. The van der Waals surface area contributed by atoms with Crippen LogP contribution in [0, 0.1) is 27.7 Å². The van der Waals surface area contributed by atoms with Gasteiger partial charge in [-0.1, -0.05) is 77.1 Å². The molecular formula is C35H46O3P2. The van der Waals surface area contributed by atoms with Gasteiger partial charge in [-0.05, 0) is 111 Å². The Morgan fingerprint density at radius 1 is 0.800 bits per heavy atom.